The summed E-state index contributed by atoms with van der Waals surface area (Å²) in [5, 5.41) is 6.33. The van der Waals surface area contributed by atoms with Crippen LogP contribution in [0.15, 0.2) is 18.2 Å². The molecular formula is C13H16N2O2. The summed E-state index contributed by atoms with van der Waals surface area (Å²) in [6.07, 6.45) is 1.96. The van der Waals surface area contributed by atoms with E-state index in [9.17, 15) is 4.79 Å². The molecule has 0 bridgehead atoms. The van der Waals surface area contributed by atoms with Crippen molar-refractivity contribution in [1.82, 2.24) is 5.32 Å². The molecule has 2 aliphatic heterocycles. The lowest BCUT2D eigenvalue weighted by Gasteiger charge is -2.24. The number of nitrogens with one attached hydrogen (secondary N) is 2. The number of hydrogen-bond acceptors (Lipinski definition) is 3. The zero-order valence-electron chi connectivity index (χ0n) is 9.82. The van der Waals surface area contributed by atoms with Crippen molar-refractivity contribution < 1.29 is 9.53 Å². The first-order valence-electron chi connectivity index (χ1n) is 6.09. The van der Waals surface area contributed by atoms with Crippen molar-refractivity contribution in [2.75, 3.05) is 11.9 Å². The van der Waals surface area contributed by atoms with Gasteiger partial charge in [-0.05, 0) is 44.0 Å². The summed E-state index contributed by atoms with van der Waals surface area (Å²) in [4.78, 5) is 11.5. The number of hydrogen-bond donors (Lipinski definition) is 2. The molecule has 0 aliphatic carbocycles. The van der Waals surface area contributed by atoms with Crippen molar-refractivity contribution in [2.45, 2.75) is 31.9 Å². The van der Waals surface area contributed by atoms with Gasteiger partial charge in [0.1, 0.15) is 5.75 Å². The average molecular weight is 232 g/mol. The van der Waals surface area contributed by atoms with Crippen LogP contribution in [0.25, 0.3) is 0 Å². The van der Waals surface area contributed by atoms with Gasteiger partial charge in [0.05, 0.1) is 5.69 Å². The summed E-state index contributed by atoms with van der Waals surface area (Å²) >= 11 is 0. The van der Waals surface area contributed by atoms with Gasteiger partial charge in [-0.1, -0.05) is 6.07 Å². The molecule has 0 saturated carbocycles. The number of carbonyl (C=O) groups excluding carboxylic acids is 1. The Bertz CT molecular complexity index is 453. The minimum atomic E-state index is -0.405. The highest BCUT2D eigenvalue weighted by atomic mass is 16.5. The third kappa shape index (κ3) is 1.89. The Balaban J connectivity index is 1.90. The van der Waals surface area contributed by atoms with Gasteiger partial charge in [0.25, 0.3) is 5.91 Å². The molecule has 2 heterocycles. The molecule has 1 fully saturated rings. The third-order valence-electron chi connectivity index (χ3n) is 3.40. The van der Waals surface area contributed by atoms with Gasteiger partial charge in [-0.15, -0.1) is 0 Å². The highest BCUT2D eigenvalue weighted by Crippen LogP contribution is 2.34. The van der Waals surface area contributed by atoms with Crippen molar-refractivity contribution in [1.29, 1.82) is 0 Å². The van der Waals surface area contributed by atoms with Crippen LogP contribution in [-0.2, 0) is 4.79 Å². The fourth-order valence-corrected chi connectivity index (χ4v) is 2.41. The fourth-order valence-electron chi connectivity index (χ4n) is 2.41. The van der Waals surface area contributed by atoms with Crippen LogP contribution in [0, 0.1) is 0 Å². The second-order valence-electron chi connectivity index (χ2n) is 4.65. The first-order chi connectivity index (χ1) is 8.24. The minimum Gasteiger partial charge on any atom is -0.479 e. The first kappa shape index (κ1) is 10.6. The van der Waals surface area contributed by atoms with E-state index < -0.39 is 6.10 Å². The number of carbonyl (C=O) groups is 1. The molecule has 2 atom stereocenters. The van der Waals surface area contributed by atoms with Gasteiger partial charge in [0, 0.05) is 6.04 Å². The predicted molar refractivity (Wildman–Crippen MR) is 65.1 cm³/mol. The quantitative estimate of drug-likeness (QED) is 0.776. The van der Waals surface area contributed by atoms with Crippen molar-refractivity contribution in [3.05, 3.63) is 23.8 Å². The topological polar surface area (TPSA) is 50.4 Å². The molecule has 2 unspecified atom stereocenters. The van der Waals surface area contributed by atoms with E-state index in [1.54, 1.807) is 6.92 Å². The smallest absolute Gasteiger partial charge is 0.265 e. The molecule has 1 aromatic carbocycles. The lowest BCUT2D eigenvalue weighted by atomic mass is 10.0. The van der Waals surface area contributed by atoms with Gasteiger partial charge in [0.15, 0.2) is 6.10 Å². The average Bonchev–Trinajstić information content (AvgIpc) is 2.83. The van der Waals surface area contributed by atoms with Crippen molar-refractivity contribution in [2.24, 2.45) is 0 Å². The molecule has 1 saturated heterocycles. The molecule has 2 N–H and O–H groups in total. The predicted octanol–water partition coefficient (Wildman–Crippen LogP) is 1.83. The lowest BCUT2D eigenvalue weighted by Crippen LogP contribution is -2.34. The first-order valence-corrected chi connectivity index (χ1v) is 6.09. The Morgan fingerprint density at radius 3 is 3.06 bits per heavy atom. The van der Waals surface area contributed by atoms with Crippen molar-refractivity contribution >= 4 is 11.6 Å². The molecule has 3 rings (SSSR count). The summed E-state index contributed by atoms with van der Waals surface area (Å²) < 4.78 is 5.53. The number of ether oxygens (including phenoxy) is 1. The van der Waals surface area contributed by atoms with E-state index in [2.05, 4.69) is 16.7 Å². The standard InChI is InChI=1S/C13H16N2O2/c1-8-13(16)15-11-7-9(4-5-12(11)17-8)10-3-2-6-14-10/h4-5,7-8,10,14H,2-3,6H2,1H3,(H,15,16). The van der Waals surface area contributed by atoms with Gasteiger partial charge in [-0.2, -0.15) is 0 Å². The molecule has 90 valence electrons. The number of rotatable bonds is 1. The summed E-state index contributed by atoms with van der Waals surface area (Å²) in [5.74, 6) is 0.688. The molecule has 0 aromatic heterocycles. The van der Waals surface area contributed by atoms with Gasteiger partial charge in [0.2, 0.25) is 0 Å². The molecular weight excluding hydrogens is 216 g/mol. The van der Waals surface area contributed by atoms with Crippen LogP contribution in [0.5, 0.6) is 5.75 Å². The van der Waals surface area contributed by atoms with Crippen LogP contribution in [0.3, 0.4) is 0 Å². The second kappa shape index (κ2) is 4.04. The van der Waals surface area contributed by atoms with E-state index in [0.717, 1.165) is 24.4 Å². The maximum absolute atomic E-state index is 11.5. The third-order valence-corrected chi connectivity index (χ3v) is 3.40. The van der Waals surface area contributed by atoms with Crippen molar-refractivity contribution in [3.8, 4) is 5.75 Å². The molecule has 0 spiro atoms. The van der Waals surface area contributed by atoms with E-state index in [1.165, 1.54) is 12.0 Å². The minimum absolute atomic E-state index is 0.0750. The largest absolute Gasteiger partial charge is 0.479 e. The molecule has 4 heteroatoms. The Morgan fingerprint density at radius 1 is 1.41 bits per heavy atom. The highest BCUT2D eigenvalue weighted by molar-refractivity contribution is 5.97. The molecule has 1 aromatic rings. The van der Waals surface area contributed by atoms with E-state index in [4.69, 9.17) is 4.74 Å². The summed E-state index contributed by atoms with van der Waals surface area (Å²) in [6, 6.07) is 6.45. The van der Waals surface area contributed by atoms with Crippen LogP contribution in [0.2, 0.25) is 0 Å². The van der Waals surface area contributed by atoms with Gasteiger partial charge in [-0.3, -0.25) is 4.79 Å². The van der Waals surface area contributed by atoms with Crippen molar-refractivity contribution in [3.63, 3.8) is 0 Å². The lowest BCUT2D eigenvalue weighted by molar-refractivity contribution is -0.122. The summed E-state index contributed by atoms with van der Waals surface area (Å²) in [6.45, 7) is 2.83. The normalized spacial score (nSPS) is 27.2. The van der Waals surface area contributed by atoms with Crippen LogP contribution in [0.1, 0.15) is 31.4 Å². The Hall–Kier alpha value is -1.55. The second-order valence-corrected chi connectivity index (χ2v) is 4.65. The molecule has 17 heavy (non-hydrogen) atoms. The Labute approximate surface area is 100 Å². The van der Waals surface area contributed by atoms with Crippen LogP contribution < -0.4 is 15.4 Å². The van der Waals surface area contributed by atoms with Crippen LogP contribution in [-0.4, -0.2) is 18.6 Å². The Kier molecular flexibility index (Phi) is 2.52. The molecule has 2 aliphatic rings. The molecule has 4 nitrogen and oxygen atoms in total. The number of anilines is 1. The van der Waals surface area contributed by atoms with Gasteiger partial charge in [-0.25, -0.2) is 0 Å². The monoisotopic (exact) mass is 232 g/mol. The van der Waals surface area contributed by atoms with E-state index in [1.807, 2.05) is 12.1 Å². The van der Waals surface area contributed by atoms with Crippen LogP contribution in [0.4, 0.5) is 5.69 Å². The SMILES string of the molecule is CC1Oc2ccc(C3CCCN3)cc2NC1=O. The zero-order chi connectivity index (χ0) is 11.8. The summed E-state index contributed by atoms with van der Waals surface area (Å²) in [5.41, 5.74) is 2.01. The maximum atomic E-state index is 11.5. The van der Waals surface area contributed by atoms with Crippen LogP contribution >= 0.6 is 0 Å². The summed E-state index contributed by atoms with van der Waals surface area (Å²) in [7, 11) is 0. The van der Waals surface area contributed by atoms with E-state index in [0.29, 0.717) is 6.04 Å². The fraction of sp³-hybridized carbons (Fsp3) is 0.462. The Morgan fingerprint density at radius 2 is 2.29 bits per heavy atom. The van der Waals surface area contributed by atoms with Gasteiger partial charge >= 0.3 is 0 Å². The maximum Gasteiger partial charge on any atom is 0.265 e. The molecule has 0 radical (unpaired) electrons. The van der Waals surface area contributed by atoms with Gasteiger partial charge < -0.3 is 15.4 Å². The van der Waals surface area contributed by atoms with E-state index >= 15 is 0 Å². The zero-order valence-corrected chi connectivity index (χ0v) is 9.82. The number of benzene rings is 1. The van der Waals surface area contributed by atoms with E-state index in [-0.39, 0.29) is 5.91 Å². The number of amides is 1. The molecule has 1 amide bonds. The highest BCUT2D eigenvalue weighted by Gasteiger charge is 2.25. The number of fused-ring (bicyclic) bond motifs is 1.